The van der Waals surface area contributed by atoms with Gasteiger partial charge in [-0.1, -0.05) is 17.7 Å². The first kappa shape index (κ1) is 15.2. The molecule has 1 amide bonds. The van der Waals surface area contributed by atoms with E-state index >= 15 is 0 Å². The zero-order valence-electron chi connectivity index (χ0n) is 10.6. The van der Waals surface area contributed by atoms with E-state index in [0.717, 1.165) is 0 Å². The van der Waals surface area contributed by atoms with E-state index in [4.69, 9.17) is 16.7 Å². The first-order valence-corrected chi connectivity index (χ1v) is 8.07. The van der Waals surface area contributed by atoms with Gasteiger partial charge in [-0.15, -0.1) is 0 Å². The van der Waals surface area contributed by atoms with Crippen LogP contribution >= 0.6 is 11.6 Å². The van der Waals surface area contributed by atoms with Gasteiger partial charge < -0.3 is 4.90 Å². The Morgan fingerprint density at radius 2 is 2.15 bits per heavy atom. The topological polar surface area (TPSA) is 80.5 Å². The molecular weight excluding hydrogens is 307 g/mol. The molecule has 8 heteroatoms. The van der Waals surface area contributed by atoms with Crippen molar-refractivity contribution in [3.05, 3.63) is 34.6 Å². The van der Waals surface area contributed by atoms with Gasteiger partial charge >= 0.3 is 0 Å². The summed E-state index contributed by atoms with van der Waals surface area (Å²) in [7, 11) is -3.62. The third kappa shape index (κ3) is 3.68. The number of primary sulfonamides is 1. The average molecular weight is 321 g/mol. The summed E-state index contributed by atoms with van der Waals surface area (Å²) in [5.74, 6) is -1.32. The van der Waals surface area contributed by atoms with Gasteiger partial charge in [0.2, 0.25) is 15.9 Å². The Hall–Kier alpha value is -1.18. The van der Waals surface area contributed by atoms with Crippen molar-refractivity contribution in [3.8, 4) is 0 Å². The fourth-order valence-electron chi connectivity index (χ4n) is 2.32. The molecule has 2 rings (SSSR count). The van der Waals surface area contributed by atoms with Gasteiger partial charge in [0, 0.05) is 36.0 Å². The number of rotatable bonds is 4. The van der Waals surface area contributed by atoms with Gasteiger partial charge in [0.25, 0.3) is 0 Å². The van der Waals surface area contributed by atoms with Crippen LogP contribution in [0.4, 0.5) is 4.39 Å². The number of halogens is 2. The van der Waals surface area contributed by atoms with Crippen molar-refractivity contribution >= 4 is 27.5 Å². The summed E-state index contributed by atoms with van der Waals surface area (Å²) in [6.07, 6.45) is 0.0997. The lowest BCUT2D eigenvalue weighted by Gasteiger charge is -2.17. The van der Waals surface area contributed by atoms with Gasteiger partial charge in [0.05, 0.1) is 5.75 Å². The summed E-state index contributed by atoms with van der Waals surface area (Å²) in [5.41, 5.74) is 0.235. The number of carbonyl (C=O) groups is 1. The molecular formula is C12H14ClFN2O3S. The van der Waals surface area contributed by atoms with Crippen LogP contribution in [0.3, 0.4) is 0 Å². The smallest absolute Gasteiger partial charge is 0.223 e. The van der Waals surface area contributed by atoms with Gasteiger partial charge in [-0.2, -0.15) is 0 Å². The molecule has 1 unspecified atom stereocenters. The zero-order chi connectivity index (χ0) is 14.9. The Kier molecular flexibility index (Phi) is 4.31. The predicted molar refractivity (Wildman–Crippen MR) is 72.9 cm³/mol. The maximum absolute atomic E-state index is 13.7. The second kappa shape index (κ2) is 5.67. The summed E-state index contributed by atoms with van der Waals surface area (Å²) in [4.78, 5) is 13.2. The van der Waals surface area contributed by atoms with Crippen LogP contribution in [0.5, 0.6) is 0 Å². The Labute approximate surface area is 121 Å². The lowest BCUT2D eigenvalue weighted by Crippen LogP contribution is -2.27. The molecule has 0 aliphatic carbocycles. The van der Waals surface area contributed by atoms with Crippen LogP contribution in [-0.4, -0.2) is 31.5 Å². The molecule has 1 fully saturated rings. The van der Waals surface area contributed by atoms with E-state index in [-0.39, 0.29) is 47.7 Å². The highest BCUT2D eigenvalue weighted by molar-refractivity contribution is 7.89. The summed E-state index contributed by atoms with van der Waals surface area (Å²) in [6, 6.07) is 4.29. The highest BCUT2D eigenvalue weighted by Crippen LogP contribution is 2.25. The van der Waals surface area contributed by atoms with Crippen molar-refractivity contribution in [2.24, 2.45) is 11.1 Å². The van der Waals surface area contributed by atoms with Crippen molar-refractivity contribution in [2.75, 3.05) is 12.3 Å². The van der Waals surface area contributed by atoms with Gasteiger partial charge in [-0.3, -0.25) is 4.79 Å². The number of nitrogens with two attached hydrogens (primary N) is 1. The number of carbonyl (C=O) groups excluding carboxylic acids is 1. The van der Waals surface area contributed by atoms with Crippen LogP contribution in [0.1, 0.15) is 12.0 Å². The molecule has 0 aromatic heterocycles. The Morgan fingerprint density at radius 1 is 1.45 bits per heavy atom. The Morgan fingerprint density at radius 3 is 2.75 bits per heavy atom. The minimum absolute atomic E-state index is 0.0332. The SMILES string of the molecule is NS(=O)(=O)CC1CC(=O)N(Cc2c(F)cccc2Cl)C1. The predicted octanol–water partition coefficient (Wildman–Crippen LogP) is 1.12. The molecule has 20 heavy (non-hydrogen) atoms. The quantitative estimate of drug-likeness (QED) is 0.902. The molecule has 1 atom stereocenters. The first-order chi connectivity index (χ1) is 9.26. The molecule has 1 aromatic rings. The van der Waals surface area contributed by atoms with E-state index in [1.807, 2.05) is 0 Å². The molecule has 110 valence electrons. The standard InChI is InChI=1S/C12H14ClFN2O3S/c13-10-2-1-3-11(14)9(10)6-16-5-8(4-12(16)17)7-20(15,18)19/h1-3,8H,4-7H2,(H2,15,18,19). The van der Waals surface area contributed by atoms with Crippen LogP contribution in [0.15, 0.2) is 18.2 Å². The van der Waals surface area contributed by atoms with Crippen molar-refractivity contribution in [1.82, 2.24) is 4.90 Å². The van der Waals surface area contributed by atoms with E-state index in [1.165, 1.54) is 17.0 Å². The third-order valence-corrected chi connectivity index (χ3v) is 4.46. The molecule has 0 saturated carbocycles. The lowest BCUT2D eigenvalue weighted by atomic mass is 10.1. The van der Waals surface area contributed by atoms with E-state index in [9.17, 15) is 17.6 Å². The molecule has 5 nitrogen and oxygen atoms in total. The molecule has 1 heterocycles. The van der Waals surface area contributed by atoms with Gasteiger partial charge in [-0.05, 0) is 12.1 Å². The largest absolute Gasteiger partial charge is 0.338 e. The number of benzene rings is 1. The summed E-state index contributed by atoms with van der Waals surface area (Å²) in [6.45, 7) is 0.269. The molecule has 2 N–H and O–H groups in total. The molecule has 1 aliphatic heterocycles. The molecule has 1 aliphatic rings. The second-order valence-corrected chi connectivity index (χ2v) is 6.94. The fraction of sp³-hybridized carbons (Fsp3) is 0.417. The Balaban J connectivity index is 2.10. The molecule has 0 radical (unpaired) electrons. The van der Waals surface area contributed by atoms with Gasteiger partial charge in [0.1, 0.15) is 5.82 Å². The highest BCUT2D eigenvalue weighted by atomic mass is 35.5. The minimum atomic E-state index is -3.62. The van der Waals surface area contributed by atoms with Crippen molar-refractivity contribution in [3.63, 3.8) is 0 Å². The van der Waals surface area contributed by atoms with Crippen LogP contribution in [0.2, 0.25) is 5.02 Å². The maximum atomic E-state index is 13.7. The number of nitrogens with zero attached hydrogens (tertiary/aromatic N) is 1. The first-order valence-electron chi connectivity index (χ1n) is 5.97. The number of hydrogen-bond acceptors (Lipinski definition) is 3. The van der Waals surface area contributed by atoms with Gasteiger partial charge in [-0.25, -0.2) is 17.9 Å². The summed E-state index contributed by atoms with van der Waals surface area (Å²) < 4.78 is 35.7. The number of likely N-dealkylation sites (tertiary alicyclic amines) is 1. The van der Waals surface area contributed by atoms with Crippen LogP contribution < -0.4 is 5.14 Å². The van der Waals surface area contributed by atoms with E-state index in [2.05, 4.69) is 0 Å². The monoisotopic (exact) mass is 320 g/mol. The number of hydrogen-bond donors (Lipinski definition) is 1. The molecule has 0 spiro atoms. The fourth-order valence-corrected chi connectivity index (χ4v) is 3.42. The maximum Gasteiger partial charge on any atom is 0.223 e. The third-order valence-electron chi connectivity index (χ3n) is 3.17. The average Bonchev–Trinajstić information content (AvgIpc) is 2.62. The van der Waals surface area contributed by atoms with E-state index in [0.29, 0.717) is 0 Å². The van der Waals surface area contributed by atoms with Crippen LogP contribution in [0, 0.1) is 11.7 Å². The molecule has 1 saturated heterocycles. The summed E-state index contributed by atoms with van der Waals surface area (Å²) in [5, 5.41) is 5.21. The lowest BCUT2D eigenvalue weighted by molar-refractivity contribution is -0.128. The number of amides is 1. The molecule has 0 bridgehead atoms. The van der Waals surface area contributed by atoms with Gasteiger partial charge in [0.15, 0.2) is 0 Å². The van der Waals surface area contributed by atoms with Crippen LogP contribution in [-0.2, 0) is 21.4 Å². The normalized spacial score (nSPS) is 19.6. The minimum Gasteiger partial charge on any atom is -0.338 e. The van der Waals surface area contributed by atoms with Crippen molar-refractivity contribution in [1.29, 1.82) is 0 Å². The van der Waals surface area contributed by atoms with E-state index < -0.39 is 15.8 Å². The Bertz CT molecular complexity index is 615. The second-order valence-electron chi connectivity index (χ2n) is 4.87. The highest BCUT2D eigenvalue weighted by Gasteiger charge is 2.32. The molecule has 1 aromatic carbocycles. The summed E-state index contributed by atoms with van der Waals surface area (Å²) >= 11 is 5.90. The van der Waals surface area contributed by atoms with Crippen LogP contribution in [0.25, 0.3) is 0 Å². The van der Waals surface area contributed by atoms with Crippen molar-refractivity contribution < 1.29 is 17.6 Å². The van der Waals surface area contributed by atoms with E-state index in [1.54, 1.807) is 6.07 Å². The van der Waals surface area contributed by atoms with Crippen molar-refractivity contribution in [2.45, 2.75) is 13.0 Å². The number of sulfonamides is 1. The zero-order valence-corrected chi connectivity index (χ0v) is 12.1.